The van der Waals surface area contributed by atoms with Crippen molar-refractivity contribution in [3.63, 3.8) is 0 Å². The third-order valence-corrected chi connectivity index (χ3v) is 13.9. The van der Waals surface area contributed by atoms with Gasteiger partial charge >= 0.3 is 17.9 Å². The van der Waals surface area contributed by atoms with Gasteiger partial charge < -0.3 is 14.2 Å². The summed E-state index contributed by atoms with van der Waals surface area (Å²) in [6.07, 6.45) is 83.1. The molecule has 0 aromatic heterocycles. The Labute approximate surface area is 465 Å². The second kappa shape index (κ2) is 63.1. The van der Waals surface area contributed by atoms with Gasteiger partial charge in [-0.25, -0.2) is 0 Å². The number of carbonyl (C=O) groups is 3. The molecule has 0 amide bonds. The zero-order chi connectivity index (χ0) is 54.3. The molecule has 1 atom stereocenters. The van der Waals surface area contributed by atoms with Crippen LogP contribution in [0.4, 0.5) is 0 Å². The zero-order valence-corrected chi connectivity index (χ0v) is 49.6. The lowest BCUT2D eigenvalue weighted by atomic mass is 10.0. The lowest BCUT2D eigenvalue weighted by Gasteiger charge is -2.18. The van der Waals surface area contributed by atoms with E-state index in [1.165, 1.54) is 154 Å². The smallest absolute Gasteiger partial charge is 0.306 e. The van der Waals surface area contributed by atoms with Gasteiger partial charge in [0.15, 0.2) is 6.10 Å². The van der Waals surface area contributed by atoms with Gasteiger partial charge in [-0.2, -0.15) is 0 Å². The maximum atomic E-state index is 12.9. The van der Waals surface area contributed by atoms with Crippen molar-refractivity contribution in [3.8, 4) is 0 Å². The van der Waals surface area contributed by atoms with Crippen molar-refractivity contribution in [2.24, 2.45) is 0 Å². The molecule has 0 radical (unpaired) electrons. The third kappa shape index (κ3) is 61.3. The lowest BCUT2D eigenvalue weighted by Crippen LogP contribution is -2.30. The van der Waals surface area contributed by atoms with Gasteiger partial charge in [0.05, 0.1) is 0 Å². The van der Waals surface area contributed by atoms with Crippen molar-refractivity contribution in [3.05, 3.63) is 85.1 Å². The molecule has 1 unspecified atom stereocenters. The topological polar surface area (TPSA) is 78.9 Å². The first-order chi connectivity index (χ1) is 37.0. The van der Waals surface area contributed by atoms with Crippen molar-refractivity contribution < 1.29 is 28.6 Å². The van der Waals surface area contributed by atoms with E-state index in [1.54, 1.807) is 0 Å². The van der Waals surface area contributed by atoms with E-state index in [-0.39, 0.29) is 31.1 Å². The Morgan fingerprint density at radius 1 is 0.280 bits per heavy atom. The van der Waals surface area contributed by atoms with Crippen LogP contribution < -0.4 is 0 Å². The number of unbranched alkanes of at least 4 members (excludes halogenated alkanes) is 33. The summed E-state index contributed by atoms with van der Waals surface area (Å²) in [5, 5.41) is 0. The van der Waals surface area contributed by atoms with Crippen LogP contribution in [0.15, 0.2) is 85.1 Å². The van der Waals surface area contributed by atoms with Crippen LogP contribution in [0, 0.1) is 0 Å². The average molecular weight is 1050 g/mol. The minimum atomic E-state index is -0.792. The van der Waals surface area contributed by atoms with Gasteiger partial charge in [0.2, 0.25) is 0 Å². The standard InChI is InChI=1S/C69H120O6/c1-4-7-10-13-16-19-22-25-28-29-30-31-32-33-34-35-36-37-38-39-42-44-47-50-53-56-59-62-68(71)74-65-66(75-69(72)63-60-57-54-51-48-45-41-27-24-21-18-15-12-9-6-3)64-73-67(70)61-58-55-52-49-46-43-40-26-23-20-17-14-11-8-5-2/h9,12,17-18,20-22,25-27,29-30,40-41,66H,4-8,10-11,13-16,19,23-24,28,31-39,42-65H2,1-3H3/b12-9-,20-17-,21-18-,25-22-,30-29-,40-26-,41-27-. The average Bonchev–Trinajstić information content (AvgIpc) is 3.41. The normalized spacial score (nSPS) is 12.6. The molecule has 75 heavy (non-hydrogen) atoms. The van der Waals surface area contributed by atoms with E-state index in [0.717, 1.165) is 122 Å². The van der Waals surface area contributed by atoms with Crippen LogP contribution >= 0.6 is 0 Å². The highest BCUT2D eigenvalue weighted by Crippen LogP contribution is 2.16. The van der Waals surface area contributed by atoms with Crippen molar-refractivity contribution in [2.75, 3.05) is 13.2 Å². The zero-order valence-electron chi connectivity index (χ0n) is 49.6. The summed E-state index contributed by atoms with van der Waals surface area (Å²) < 4.78 is 16.9. The Hall–Kier alpha value is -3.41. The van der Waals surface area contributed by atoms with Crippen molar-refractivity contribution >= 4 is 17.9 Å². The lowest BCUT2D eigenvalue weighted by molar-refractivity contribution is -0.167. The summed E-state index contributed by atoms with van der Waals surface area (Å²) in [7, 11) is 0. The van der Waals surface area contributed by atoms with Crippen LogP contribution in [0.25, 0.3) is 0 Å². The summed E-state index contributed by atoms with van der Waals surface area (Å²) in [6, 6.07) is 0. The number of allylic oxidation sites excluding steroid dienone is 14. The third-order valence-electron chi connectivity index (χ3n) is 13.9. The number of hydrogen-bond donors (Lipinski definition) is 0. The van der Waals surface area contributed by atoms with Gasteiger partial charge in [0.25, 0.3) is 0 Å². The van der Waals surface area contributed by atoms with Gasteiger partial charge in [0.1, 0.15) is 13.2 Å². The molecule has 0 saturated heterocycles. The summed E-state index contributed by atoms with van der Waals surface area (Å²) >= 11 is 0. The highest BCUT2D eigenvalue weighted by Gasteiger charge is 2.19. The van der Waals surface area contributed by atoms with Gasteiger partial charge in [-0.05, 0) is 116 Å². The van der Waals surface area contributed by atoms with Crippen LogP contribution in [0.2, 0.25) is 0 Å². The molecule has 0 aliphatic carbocycles. The molecule has 0 rings (SSSR count). The van der Waals surface area contributed by atoms with E-state index in [0.29, 0.717) is 19.3 Å². The monoisotopic (exact) mass is 1040 g/mol. The van der Waals surface area contributed by atoms with Gasteiger partial charge in [-0.3, -0.25) is 14.4 Å². The van der Waals surface area contributed by atoms with E-state index >= 15 is 0 Å². The number of hydrogen-bond acceptors (Lipinski definition) is 6. The van der Waals surface area contributed by atoms with Gasteiger partial charge in [-0.15, -0.1) is 0 Å². The largest absolute Gasteiger partial charge is 0.462 e. The van der Waals surface area contributed by atoms with Crippen LogP contribution in [-0.2, 0) is 28.6 Å². The van der Waals surface area contributed by atoms with E-state index in [4.69, 9.17) is 14.2 Å². The highest BCUT2D eigenvalue weighted by molar-refractivity contribution is 5.71. The molecular weight excluding hydrogens is 925 g/mol. The molecule has 0 bridgehead atoms. The molecule has 0 saturated carbocycles. The number of ether oxygens (including phenoxy) is 3. The summed E-state index contributed by atoms with van der Waals surface area (Å²) in [6.45, 7) is 6.49. The fourth-order valence-electron chi connectivity index (χ4n) is 9.05. The SMILES string of the molecule is CC/C=C\C/C=C\C/C=C\CCCCCCCC(=O)OC(COC(=O)CCCCCCC/C=C\C/C=C\CCCCC)COC(=O)CCCCCCCCCCCCCCCCC/C=C\C/C=C\CCCCCCC. The number of rotatable bonds is 58. The van der Waals surface area contributed by atoms with Gasteiger partial charge in [0, 0.05) is 19.3 Å². The minimum Gasteiger partial charge on any atom is -0.462 e. The summed E-state index contributed by atoms with van der Waals surface area (Å²) in [5.41, 5.74) is 0. The highest BCUT2D eigenvalue weighted by atomic mass is 16.6. The molecule has 0 aliphatic heterocycles. The van der Waals surface area contributed by atoms with Crippen LogP contribution in [0.1, 0.15) is 316 Å². The first-order valence-corrected chi connectivity index (χ1v) is 32.1. The first-order valence-electron chi connectivity index (χ1n) is 32.1. The van der Waals surface area contributed by atoms with E-state index in [9.17, 15) is 14.4 Å². The maximum Gasteiger partial charge on any atom is 0.306 e. The Morgan fingerprint density at radius 3 is 0.840 bits per heavy atom. The van der Waals surface area contributed by atoms with Gasteiger partial charge in [-0.1, -0.05) is 266 Å². The maximum absolute atomic E-state index is 12.9. The fourth-order valence-corrected chi connectivity index (χ4v) is 9.05. The Kier molecular flexibility index (Phi) is 60.3. The van der Waals surface area contributed by atoms with Crippen molar-refractivity contribution in [1.82, 2.24) is 0 Å². The minimum absolute atomic E-state index is 0.0869. The van der Waals surface area contributed by atoms with Crippen LogP contribution in [0.3, 0.4) is 0 Å². The number of esters is 3. The molecule has 0 aliphatic rings. The van der Waals surface area contributed by atoms with E-state index in [1.807, 2.05) is 0 Å². The number of carbonyl (C=O) groups excluding carboxylic acids is 3. The quantitative estimate of drug-likeness (QED) is 0.0261. The molecule has 0 N–H and O–H groups in total. The fraction of sp³-hybridized carbons (Fsp3) is 0.754. The Morgan fingerprint density at radius 2 is 0.520 bits per heavy atom. The molecule has 6 heteroatoms. The summed E-state index contributed by atoms with van der Waals surface area (Å²) in [5.74, 6) is -0.908. The molecule has 0 fully saturated rings. The van der Waals surface area contributed by atoms with Crippen LogP contribution in [0.5, 0.6) is 0 Å². The Balaban J connectivity index is 4.28. The predicted octanol–water partition coefficient (Wildman–Crippen LogP) is 21.9. The predicted molar refractivity (Wildman–Crippen MR) is 325 cm³/mol. The molecule has 0 heterocycles. The molecule has 432 valence electrons. The molecule has 6 nitrogen and oxygen atoms in total. The van der Waals surface area contributed by atoms with Crippen molar-refractivity contribution in [1.29, 1.82) is 0 Å². The Bertz CT molecular complexity index is 1430. The first kappa shape index (κ1) is 71.6. The summed E-state index contributed by atoms with van der Waals surface area (Å²) in [4.78, 5) is 38.3. The molecule has 0 aromatic carbocycles. The van der Waals surface area contributed by atoms with E-state index < -0.39 is 6.10 Å². The molecular formula is C69H120O6. The van der Waals surface area contributed by atoms with Crippen LogP contribution in [-0.4, -0.2) is 37.2 Å². The van der Waals surface area contributed by atoms with Crippen molar-refractivity contribution in [2.45, 2.75) is 322 Å². The second-order valence-corrected chi connectivity index (χ2v) is 21.3. The molecule has 0 aromatic rings. The van der Waals surface area contributed by atoms with E-state index in [2.05, 4.69) is 106 Å². The second-order valence-electron chi connectivity index (χ2n) is 21.3. The molecule has 0 spiro atoms.